The van der Waals surface area contributed by atoms with Crippen LogP contribution >= 0.6 is 0 Å². The van der Waals surface area contributed by atoms with Gasteiger partial charge in [-0.1, -0.05) is 48.5 Å². The number of hydrogen-bond acceptors (Lipinski definition) is 3. The molecule has 4 nitrogen and oxygen atoms in total. The molecule has 0 radical (unpaired) electrons. The van der Waals surface area contributed by atoms with Crippen LogP contribution in [0.1, 0.15) is 21.5 Å². The quantitative estimate of drug-likeness (QED) is 0.421. The van der Waals surface area contributed by atoms with Crippen LogP contribution in [0.2, 0.25) is 0 Å². The Kier molecular flexibility index (Phi) is 5.28. The Morgan fingerprint density at radius 2 is 1.44 bits per heavy atom. The Balaban J connectivity index is 1.40. The maximum atomic E-state index is 13.3. The highest BCUT2D eigenvalue weighted by Gasteiger charge is 2.24. The predicted molar refractivity (Wildman–Crippen MR) is 127 cm³/mol. The fourth-order valence-electron chi connectivity index (χ4n) is 4.43. The second kappa shape index (κ2) is 8.39. The van der Waals surface area contributed by atoms with Gasteiger partial charge < -0.3 is 14.4 Å². The van der Waals surface area contributed by atoms with Gasteiger partial charge in [0.15, 0.2) is 11.5 Å². The minimum atomic E-state index is 0.0551. The number of methoxy groups -OCH3 is 2. The molecule has 0 saturated heterocycles. The van der Waals surface area contributed by atoms with Gasteiger partial charge >= 0.3 is 0 Å². The molecule has 4 heteroatoms. The lowest BCUT2D eigenvalue weighted by Gasteiger charge is -2.29. The van der Waals surface area contributed by atoms with E-state index in [2.05, 4.69) is 30.3 Å². The highest BCUT2D eigenvalue weighted by atomic mass is 16.5. The number of fused-ring (bicyclic) bond motifs is 2. The van der Waals surface area contributed by atoms with Crippen molar-refractivity contribution in [3.8, 4) is 22.6 Å². The first-order chi connectivity index (χ1) is 15.7. The monoisotopic (exact) mass is 423 g/mol. The predicted octanol–water partition coefficient (Wildman–Crippen LogP) is 5.72. The lowest BCUT2D eigenvalue weighted by atomic mass is 9.97. The summed E-state index contributed by atoms with van der Waals surface area (Å²) in [6.07, 6.45) is 0.801. The Hall–Kier alpha value is -3.79. The van der Waals surface area contributed by atoms with E-state index in [1.165, 1.54) is 16.7 Å². The van der Waals surface area contributed by atoms with Gasteiger partial charge in [0.05, 0.1) is 14.2 Å². The molecule has 1 aliphatic heterocycles. The number of carbonyl (C=O) groups excluding carboxylic acids is 1. The van der Waals surface area contributed by atoms with Crippen molar-refractivity contribution in [1.82, 2.24) is 4.90 Å². The van der Waals surface area contributed by atoms with Crippen molar-refractivity contribution in [3.63, 3.8) is 0 Å². The molecular weight excluding hydrogens is 398 g/mol. The maximum Gasteiger partial charge on any atom is 0.254 e. The number of benzene rings is 4. The average molecular weight is 424 g/mol. The summed E-state index contributed by atoms with van der Waals surface area (Å²) in [4.78, 5) is 15.2. The molecule has 0 aromatic heterocycles. The third-order valence-electron chi connectivity index (χ3n) is 6.20. The largest absolute Gasteiger partial charge is 0.493 e. The van der Waals surface area contributed by atoms with Gasteiger partial charge in [-0.05, 0) is 69.8 Å². The molecule has 160 valence electrons. The first-order valence-corrected chi connectivity index (χ1v) is 10.8. The normalized spacial score (nSPS) is 13.0. The Morgan fingerprint density at radius 1 is 0.750 bits per heavy atom. The number of hydrogen-bond donors (Lipinski definition) is 0. The third kappa shape index (κ3) is 3.69. The second-order valence-electron chi connectivity index (χ2n) is 8.10. The van der Waals surface area contributed by atoms with E-state index in [9.17, 15) is 4.79 Å². The number of amides is 1. The molecule has 0 fully saturated rings. The van der Waals surface area contributed by atoms with Gasteiger partial charge in [0, 0.05) is 18.7 Å². The Labute approximate surface area is 188 Å². The lowest BCUT2D eigenvalue weighted by Crippen LogP contribution is -2.36. The average Bonchev–Trinajstić information content (AvgIpc) is 2.86. The molecule has 5 rings (SSSR count). The molecule has 0 bridgehead atoms. The van der Waals surface area contributed by atoms with Crippen LogP contribution < -0.4 is 9.47 Å². The lowest BCUT2D eigenvalue weighted by molar-refractivity contribution is 0.0734. The summed E-state index contributed by atoms with van der Waals surface area (Å²) in [5, 5.41) is 2.20. The zero-order valence-corrected chi connectivity index (χ0v) is 18.3. The summed E-state index contributed by atoms with van der Waals surface area (Å²) in [6, 6.07) is 26.7. The Bertz CT molecular complexity index is 1300. The molecular formula is C28H25NO3. The van der Waals surface area contributed by atoms with Gasteiger partial charge in [0.2, 0.25) is 0 Å². The summed E-state index contributed by atoms with van der Waals surface area (Å²) < 4.78 is 10.9. The molecule has 0 saturated carbocycles. The van der Waals surface area contributed by atoms with Crippen LogP contribution in [0, 0.1) is 0 Å². The van der Waals surface area contributed by atoms with Crippen molar-refractivity contribution in [1.29, 1.82) is 0 Å². The van der Waals surface area contributed by atoms with E-state index in [1.807, 2.05) is 53.4 Å². The van der Waals surface area contributed by atoms with Crippen molar-refractivity contribution in [2.45, 2.75) is 13.0 Å². The van der Waals surface area contributed by atoms with Crippen molar-refractivity contribution in [2.24, 2.45) is 0 Å². The molecule has 0 N–H and O–H groups in total. The topological polar surface area (TPSA) is 38.8 Å². The summed E-state index contributed by atoms with van der Waals surface area (Å²) >= 11 is 0. The maximum absolute atomic E-state index is 13.3. The number of rotatable bonds is 4. The van der Waals surface area contributed by atoms with Gasteiger partial charge in [-0.2, -0.15) is 0 Å². The molecule has 0 atom stereocenters. The van der Waals surface area contributed by atoms with E-state index in [0.29, 0.717) is 24.4 Å². The van der Waals surface area contributed by atoms with Crippen LogP contribution in [-0.4, -0.2) is 31.6 Å². The molecule has 4 aromatic rings. The second-order valence-corrected chi connectivity index (χ2v) is 8.10. The fourth-order valence-corrected chi connectivity index (χ4v) is 4.43. The first kappa shape index (κ1) is 20.1. The molecule has 0 aliphatic carbocycles. The molecule has 0 unspecified atom stereocenters. The zero-order valence-electron chi connectivity index (χ0n) is 18.3. The highest BCUT2D eigenvalue weighted by Crippen LogP contribution is 2.34. The van der Waals surface area contributed by atoms with Crippen LogP contribution in [0.4, 0.5) is 0 Å². The minimum Gasteiger partial charge on any atom is -0.493 e. The van der Waals surface area contributed by atoms with E-state index in [0.717, 1.165) is 28.5 Å². The van der Waals surface area contributed by atoms with Crippen LogP contribution in [-0.2, 0) is 13.0 Å². The van der Waals surface area contributed by atoms with Gasteiger partial charge in [0.1, 0.15) is 0 Å². The highest BCUT2D eigenvalue weighted by molar-refractivity contribution is 5.99. The number of carbonyl (C=O) groups is 1. The van der Waals surface area contributed by atoms with E-state index < -0.39 is 0 Å². The molecule has 1 heterocycles. The molecule has 32 heavy (non-hydrogen) atoms. The number of nitrogens with zero attached hydrogens (tertiary/aromatic N) is 1. The van der Waals surface area contributed by atoms with E-state index in [-0.39, 0.29) is 5.91 Å². The summed E-state index contributed by atoms with van der Waals surface area (Å²) in [5.74, 6) is 1.48. The van der Waals surface area contributed by atoms with Crippen molar-refractivity contribution >= 4 is 16.7 Å². The SMILES string of the molecule is COc1cc2c(cc1OC)CN(C(=O)c1ccc3cc(-c4ccccc4)ccc3c1)CC2. The summed E-state index contributed by atoms with van der Waals surface area (Å²) in [5.41, 5.74) is 5.39. The van der Waals surface area contributed by atoms with E-state index in [1.54, 1.807) is 14.2 Å². The smallest absolute Gasteiger partial charge is 0.254 e. The van der Waals surface area contributed by atoms with Crippen molar-refractivity contribution in [2.75, 3.05) is 20.8 Å². The molecule has 1 aliphatic rings. The minimum absolute atomic E-state index is 0.0551. The number of ether oxygens (including phenoxy) is 2. The van der Waals surface area contributed by atoms with Crippen molar-refractivity contribution in [3.05, 3.63) is 95.6 Å². The van der Waals surface area contributed by atoms with Crippen LogP contribution in [0.3, 0.4) is 0 Å². The van der Waals surface area contributed by atoms with Crippen molar-refractivity contribution < 1.29 is 14.3 Å². The van der Waals surface area contributed by atoms with Gasteiger partial charge in [-0.15, -0.1) is 0 Å². The summed E-state index contributed by atoms with van der Waals surface area (Å²) in [7, 11) is 3.28. The van der Waals surface area contributed by atoms with Crippen LogP contribution in [0.5, 0.6) is 11.5 Å². The molecule has 1 amide bonds. The van der Waals surface area contributed by atoms with E-state index in [4.69, 9.17) is 9.47 Å². The van der Waals surface area contributed by atoms with Gasteiger partial charge in [-0.25, -0.2) is 0 Å². The van der Waals surface area contributed by atoms with Crippen LogP contribution in [0.15, 0.2) is 78.9 Å². The first-order valence-electron chi connectivity index (χ1n) is 10.8. The van der Waals surface area contributed by atoms with Gasteiger partial charge in [-0.3, -0.25) is 4.79 Å². The standard InChI is InChI=1S/C28H25NO3/c1-31-26-16-23-12-13-29(18-25(23)17-27(26)32-2)28(30)24-11-10-21-14-20(8-9-22(21)15-24)19-6-4-3-5-7-19/h3-11,14-17H,12-13,18H2,1-2H3. The molecule has 0 spiro atoms. The third-order valence-corrected chi connectivity index (χ3v) is 6.20. The fraction of sp³-hybridized carbons (Fsp3) is 0.179. The van der Waals surface area contributed by atoms with Crippen LogP contribution in [0.25, 0.3) is 21.9 Å². The molecule has 4 aromatic carbocycles. The zero-order chi connectivity index (χ0) is 22.1. The van der Waals surface area contributed by atoms with E-state index >= 15 is 0 Å². The summed E-state index contributed by atoms with van der Waals surface area (Å²) in [6.45, 7) is 1.26. The Morgan fingerprint density at radius 3 is 2.19 bits per heavy atom. The van der Waals surface area contributed by atoms with Gasteiger partial charge in [0.25, 0.3) is 5.91 Å².